The maximum atomic E-state index is 13.1. The third kappa shape index (κ3) is 3.94. The number of anilines is 2. The van der Waals surface area contributed by atoms with Gasteiger partial charge in [-0.2, -0.15) is 18.3 Å². The molecule has 8 heteroatoms. The van der Waals surface area contributed by atoms with Crippen molar-refractivity contribution in [3.63, 3.8) is 0 Å². The molecule has 3 rings (SSSR count). The van der Waals surface area contributed by atoms with E-state index < -0.39 is 17.6 Å². The fourth-order valence-electron chi connectivity index (χ4n) is 2.65. The van der Waals surface area contributed by atoms with Gasteiger partial charge in [-0.05, 0) is 50.2 Å². The molecule has 1 aromatic heterocycles. The number of alkyl halides is 3. The number of benzene rings is 2. The van der Waals surface area contributed by atoms with Crippen molar-refractivity contribution in [3.8, 4) is 0 Å². The van der Waals surface area contributed by atoms with E-state index >= 15 is 0 Å². The summed E-state index contributed by atoms with van der Waals surface area (Å²) in [6.45, 7) is 3.39. The lowest BCUT2D eigenvalue weighted by atomic mass is 10.1. The van der Waals surface area contributed by atoms with Gasteiger partial charge in [0.2, 0.25) is 0 Å². The Morgan fingerprint density at radius 1 is 1.04 bits per heavy atom. The van der Waals surface area contributed by atoms with Gasteiger partial charge in [0.25, 0.3) is 5.91 Å². The highest BCUT2D eigenvalue weighted by Crippen LogP contribution is 2.31. The van der Waals surface area contributed by atoms with Gasteiger partial charge < -0.3 is 0 Å². The van der Waals surface area contributed by atoms with Crippen LogP contribution in [0.5, 0.6) is 0 Å². The van der Waals surface area contributed by atoms with Crippen LogP contribution >= 0.6 is 0 Å². The van der Waals surface area contributed by atoms with E-state index in [1.54, 1.807) is 38.1 Å². The summed E-state index contributed by atoms with van der Waals surface area (Å²) >= 11 is 0. The molecule has 0 atom stereocenters. The van der Waals surface area contributed by atoms with E-state index in [-0.39, 0.29) is 5.69 Å². The molecule has 0 aliphatic carbocycles. The van der Waals surface area contributed by atoms with Crippen molar-refractivity contribution in [2.75, 3.05) is 10.4 Å². The molecular formula is C19H17F3N4O. The second-order valence-corrected chi connectivity index (χ2v) is 5.97. The number of aromatic nitrogens is 2. The predicted octanol–water partition coefficient (Wildman–Crippen LogP) is 4.72. The van der Waals surface area contributed by atoms with Crippen LogP contribution in [-0.2, 0) is 6.18 Å². The quantitative estimate of drug-likeness (QED) is 0.650. The van der Waals surface area contributed by atoms with Crippen molar-refractivity contribution >= 4 is 17.3 Å². The lowest BCUT2D eigenvalue weighted by molar-refractivity contribution is -0.137. The molecule has 0 saturated heterocycles. The number of nitrogens with one attached hydrogen (secondary N) is 2. The number of aryl methyl sites for hydroxylation is 2. The first-order valence-corrected chi connectivity index (χ1v) is 8.12. The lowest BCUT2D eigenvalue weighted by Crippen LogP contribution is -2.37. The second kappa shape index (κ2) is 7.14. The van der Waals surface area contributed by atoms with E-state index in [4.69, 9.17) is 0 Å². The Kier molecular flexibility index (Phi) is 4.89. The van der Waals surface area contributed by atoms with Gasteiger partial charge in [0, 0.05) is 5.69 Å². The van der Waals surface area contributed by atoms with Gasteiger partial charge in [-0.1, -0.05) is 18.2 Å². The highest BCUT2D eigenvalue weighted by atomic mass is 19.4. The Bertz CT molecular complexity index is 914. The van der Waals surface area contributed by atoms with Crippen LogP contribution in [0.3, 0.4) is 0 Å². The summed E-state index contributed by atoms with van der Waals surface area (Å²) in [5.41, 5.74) is 4.50. The van der Waals surface area contributed by atoms with Crippen LogP contribution in [0.4, 0.5) is 24.5 Å². The maximum absolute atomic E-state index is 13.1. The molecule has 0 unspecified atom stereocenters. The van der Waals surface area contributed by atoms with E-state index in [0.29, 0.717) is 22.6 Å². The number of hydrogen-bond acceptors (Lipinski definition) is 3. The third-order valence-corrected chi connectivity index (χ3v) is 4.01. The fourth-order valence-corrected chi connectivity index (χ4v) is 2.65. The van der Waals surface area contributed by atoms with Crippen molar-refractivity contribution < 1.29 is 18.0 Å². The minimum atomic E-state index is -4.45. The lowest BCUT2D eigenvalue weighted by Gasteiger charge is -2.25. The SMILES string of the molecule is Cc1n[nH]c(C)c1C(=O)N(Nc1ccccc1)c1ccc(C(F)(F)F)cc1. The third-order valence-electron chi connectivity index (χ3n) is 4.01. The molecule has 1 amide bonds. The Labute approximate surface area is 153 Å². The minimum absolute atomic E-state index is 0.275. The molecule has 2 N–H and O–H groups in total. The molecule has 0 bridgehead atoms. The van der Waals surface area contributed by atoms with E-state index in [2.05, 4.69) is 15.6 Å². The second-order valence-electron chi connectivity index (χ2n) is 5.97. The number of carbonyl (C=O) groups excluding carboxylic acids is 1. The summed E-state index contributed by atoms with van der Waals surface area (Å²) in [7, 11) is 0. The van der Waals surface area contributed by atoms with Crippen LogP contribution in [0.1, 0.15) is 27.3 Å². The largest absolute Gasteiger partial charge is 0.416 e. The summed E-state index contributed by atoms with van der Waals surface area (Å²) in [4.78, 5) is 13.1. The maximum Gasteiger partial charge on any atom is 0.416 e. The van der Waals surface area contributed by atoms with Crippen LogP contribution < -0.4 is 10.4 Å². The highest BCUT2D eigenvalue weighted by Gasteiger charge is 2.31. The van der Waals surface area contributed by atoms with Crippen molar-refractivity contribution in [2.24, 2.45) is 0 Å². The van der Waals surface area contributed by atoms with Crippen LogP contribution in [0.2, 0.25) is 0 Å². The van der Waals surface area contributed by atoms with E-state index in [9.17, 15) is 18.0 Å². The molecule has 0 saturated carbocycles. The zero-order valence-electron chi connectivity index (χ0n) is 14.6. The Hall–Kier alpha value is -3.29. The standard InChI is InChI=1S/C19H17F3N4O/c1-12-17(13(2)24-23-12)18(27)26(25-15-6-4-3-5-7-15)16-10-8-14(9-11-16)19(20,21)22/h3-11,25H,1-2H3,(H,23,24). The van der Waals surface area contributed by atoms with Crippen LogP contribution in [-0.4, -0.2) is 16.1 Å². The summed E-state index contributed by atoms with van der Waals surface area (Å²) in [5.74, 6) is -0.428. The number of rotatable bonds is 4. The molecule has 0 fully saturated rings. The van der Waals surface area contributed by atoms with Gasteiger partial charge in [-0.25, -0.2) is 5.01 Å². The van der Waals surface area contributed by atoms with Crippen LogP contribution in [0.25, 0.3) is 0 Å². The number of halogens is 3. The normalized spacial score (nSPS) is 11.3. The Morgan fingerprint density at radius 2 is 1.67 bits per heavy atom. The molecule has 27 heavy (non-hydrogen) atoms. The van der Waals surface area contributed by atoms with Crippen molar-refractivity contribution in [3.05, 3.63) is 77.1 Å². The van der Waals surface area contributed by atoms with Crippen molar-refractivity contribution in [1.29, 1.82) is 0 Å². The van der Waals surface area contributed by atoms with E-state index in [1.807, 2.05) is 6.07 Å². The molecule has 1 heterocycles. The monoisotopic (exact) mass is 374 g/mol. The molecule has 3 aromatic rings. The Morgan fingerprint density at radius 3 is 2.19 bits per heavy atom. The Balaban J connectivity index is 2.01. The van der Waals surface area contributed by atoms with Crippen molar-refractivity contribution in [1.82, 2.24) is 10.2 Å². The number of hydrogen-bond donors (Lipinski definition) is 2. The molecule has 0 aliphatic rings. The average Bonchev–Trinajstić information content (AvgIpc) is 2.98. The number of nitrogens with zero attached hydrogens (tertiary/aromatic N) is 2. The molecule has 2 aromatic carbocycles. The summed E-state index contributed by atoms with van der Waals surface area (Å²) < 4.78 is 38.5. The molecule has 140 valence electrons. The van der Waals surface area contributed by atoms with Crippen LogP contribution in [0, 0.1) is 13.8 Å². The first kappa shape index (κ1) is 18.5. The number of amides is 1. The van der Waals surface area contributed by atoms with Gasteiger partial charge >= 0.3 is 6.18 Å². The minimum Gasteiger partial charge on any atom is -0.291 e. The van der Waals surface area contributed by atoms with Gasteiger partial charge in [0.1, 0.15) is 0 Å². The fraction of sp³-hybridized carbons (Fsp3) is 0.158. The van der Waals surface area contributed by atoms with Crippen LogP contribution in [0.15, 0.2) is 54.6 Å². The average molecular weight is 374 g/mol. The van der Waals surface area contributed by atoms with E-state index in [0.717, 1.165) is 12.1 Å². The number of hydrazine groups is 1. The molecule has 0 radical (unpaired) electrons. The number of carbonyl (C=O) groups is 1. The summed E-state index contributed by atoms with van der Waals surface area (Å²) in [6, 6.07) is 13.3. The van der Waals surface area contributed by atoms with Gasteiger partial charge in [-0.15, -0.1) is 0 Å². The predicted molar refractivity (Wildman–Crippen MR) is 96.4 cm³/mol. The van der Waals surface area contributed by atoms with Gasteiger partial charge in [-0.3, -0.25) is 15.3 Å². The summed E-state index contributed by atoms with van der Waals surface area (Å²) in [5, 5.41) is 7.97. The summed E-state index contributed by atoms with van der Waals surface area (Å²) in [6.07, 6.45) is -4.45. The number of para-hydroxylation sites is 1. The number of H-pyrrole nitrogens is 1. The van der Waals surface area contributed by atoms with Gasteiger partial charge in [0.15, 0.2) is 0 Å². The smallest absolute Gasteiger partial charge is 0.291 e. The first-order valence-electron chi connectivity index (χ1n) is 8.12. The zero-order valence-corrected chi connectivity index (χ0v) is 14.6. The number of aromatic amines is 1. The topological polar surface area (TPSA) is 61.0 Å². The first-order chi connectivity index (χ1) is 12.8. The molecular weight excluding hydrogens is 357 g/mol. The zero-order chi connectivity index (χ0) is 19.6. The van der Waals surface area contributed by atoms with Gasteiger partial charge in [0.05, 0.1) is 28.2 Å². The molecule has 0 aliphatic heterocycles. The molecule has 5 nitrogen and oxygen atoms in total. The molecule has 0 spiro atoms. The highest BCUT2D eigenvalue weighted by molar-refractivity contribution is 6.08. The van der Waals surface area contributed by atoms with Crippen molar-refractivity contribution in [2.45, 2.75) is 20.0 Å². The van der Waals surface area contributed by atoms with E-state index in [1.165, 1.54) is 17.1 Å².